The number of carboxylic acid groups (broad SMARTS) is 2. The summed E-state index contributed by atoms with van der Waals surface area (Å²) < 4.78 is 0. The standard InChI is InChI=1S/2C9H8O2.Zn/c2*10-9(11)7-6-8-4-2-1-3-5-8;/h2*1-7H,(H,10,11);/q;;+2/p-2/b2*7-6+;. The number of aliphatic carboxylic acids is 2. The summed E-state index contributed by atoms with van der Waals surface area (Å²) >= 11 is 0. The zero-order valence-electron chi connectivity index (χ0n) is 12.4. The van der Waals surface area contributed by atoms with Gasteiger partial charge in [0.25, 0.3) is 0 Å². The fraction of sp³-hybridized carbons (Fsp3) is 0. The average Bonchev–Trinajstić information content (AvgIpc) is 2.53. The molecule has 0 N–H and O–H groups in total. The fourth-order valence-corrected chi connectivity index (χ4v) is 1.46. The summed E-state index contributed by atoms with van der Waals surface area (Å²) in [4.78, 5) is 19.9. The molecular formula is C18H14O4Zn. The molecule has 0 aromatic heterocycles. The molecular weight excluding hydrogens is 346 g/mol. The maximum atomic E-state index is 9.97. The number of carboxylic acids is 2. The number of carbonyl (C=O) groups excluding carboxylic acids is 2. The molecule has 0 aliphatic rings. The number of carbonyl (C=O) groups is 2. The van der Waals surface area contributed by atoms with Gasteiger partial charge in [-0.2, -0.15) is 0 Å². The summed E-state index contributed by atoms with van der Waals surface area (Å²) in [5.41, 5.74) is 1.72. The minimum absolute atomic E-state index is 0. The maximum Gasteiger partial charge on any atom is 2.00 e. The van der Waals surface area contributed by atoms with Crippen LogP contribution in [0.3, 0.4) is 0 Å². The van der Waals surface area contributed by atoms with E-state index in [2.05, 4.69) is 0 Å². The third-order valence-corrected chi connectivity index (χ3v) is 2.42. The second kappa shape index (κ2) is 12.1. The van der Waals surface area contributed by atoms with Gasteiger partial charge in [-0.05, 0) is 23.3 Å². The first-order valence-electron chi connectivity index (χ1n) is 6.46. The minimum Gasteiger partial charge on any atom is -0.545 e. The van der Waals surface area contributed by atoms with Crippen molar-refractivity contribution in [2.24, 2.45) is 0 Å². The number of hydrogen-bond acceptors (Lipinski definition) is 4. The van der Waals surface area contributed by atoms with Crippen LogP contribution >= 0.6 is 0 Å². The van der Waals surface area contributed by atoms with Crippen molar-refractivity contribution in [3.05, 3.63) is 83.9 Å². The minimum atomic E-state index is -1.17. The first-order valence-corrected chi connectivity index (χ1v) is 6.46. The second-order valence-electron chi connectivity index (χ2n) is 4.13. The van der Waals surface area contributed by atoms with Gasteiger partial charge in [0, 0.05) is 0 Å². The molecule has 0 spiro atoms. The molecule has 0 atom stereocenters. The summed E-state index contributed by atoms with van der Waals surface area (Å²) in [7, 11) is 0. The molecule has 0 unspecified atom stereocenters. The van der Waals surface area contributed by atoms with Crippen molar-refractivity contribution in [1.82, 2.24) is 0 Å². The molecule has 0 aliphatic heterocycles. The molecule has 2 rings (SSSR count). The summed E-state index contributed by atoms with van der Waals surface area (Å²) in [5.74, 6) is -2.34. The molecule has 2 aromatic rings. The van der Waals surface area contributed by atoms with E-state index in [0.29, 0.717) is 0 Å². The third kappa shape index (κ3) is 10.8. The summed E-state index contributed by atoms with van der Waals surface area (Å²) in [6.45, 7) is 0. The Morgan fingerprint density at radius 3 is 1.22 bits per heavy atom. The van der Waals surface area contributed by atoms with Gasteiger partial charge in [0.2, 0.25) is 0 Å². The molecule has 0 saturated carbocycles. The fourth-order valence-electron chi connectivity index (χ4n) is 1.46. The van der Waals surface area contributed by atoms with Gasteiger partial charge in [-0.25, -0.2) is 0 Å². The largest absolute Gasteiger partial charge is 2.00 e. The van der Waals surface area contributed by atoms with E-state index in [0.717, 1.165) is 23.3 Å². The normalized spacial score (nSPS) is 9.74. The molecule has 0 bridgehead atoms. The van der Waals surface area contributed by atoms with Crippen LogP contribution in [0.5, 0.6) is 0 Å². The molecule has 5 heteroatoms. The summed E-state index contributed by atoms with van der Waals surface area (Å²) in [6, 6.07) is 18.4. The van der Waals surface area contributed by atoms with E-state index in [1.165, 1.54) is 12.2 Å². The smallest absolute Gasteiger partial charge is 0.545 e. The molecule has 2 aromatic carbocycles. The van der Waals surface area contributed by atoms with Crippen molar-refractivity contribution in [3.8, 4) is 0 Å². The Balaban J connectivity index is 0.000000403. The van der Waals surface area contributed by atoms with E-state index < -0.39 is 11.9 Å². The van der Waals surface area contributed by atoms with Gasteiger partial charge < -0.3 is 19.8 Å². The van der Waals surface area contributed by atoms with Crippen LogP contribution in [0.25, 0.3) is 12.2 Å². The Bertz CT molecular complexity index is 590. The van der Waals surface area contributed by atoms with E-state index in [9.17, 15) is 19.8 Å². The van der Waals surface area contributed by atoms with Crippen LogP contribution in [-0.4, -0.2) is 11.9 Å². The van der Waals surface area contributed by atoms with Crippen LogP contribution in [0, 0.1) is 0 Å². The summed E-state index contributed by atoms with van der Waals surface area (Å²) in [6.07, 6.45) is 5.01. The molecule has 23 heavy (non-hydrogen) atoms. The van der Waals surface area contributed by atoms with Crippen LogP contribution in [0.1, 0.15) is 11.1 Å². The molecule has 0 fully saturated rings. The number of hydrogen-bond donors (Lipinski definition) is 0. The maximum absolute atomic E-state index is 9.97. The van der Waals surface area contributed by atoms with Crippen molar-refractivity contribution < 1.29 is 39.3 Å². The van der Waals surface area contributed by atoms with Gasteiger partial charge in [0.1, 0.15) is 0 Å². The van der Waals surface area contributed by atoms with Crippen LogP contribution in [0.2, 0.25) is 0 Å². The predicted octanol–water partition coefficient (Wildman–Crippen LogP) is 0.897. The van der Waals surface area contributed by atoms with Crippen molar-refractivity contribution in [1.29, 1.82) is 0 Å². The predicted molar refractivity (Wildman–Crippen MR) is 81.0 cm³/mol. The van der Waals surface area contributed by atoms with E-state index >= 15 is 0 Å². The van der Waals surface area contributed by atoms with Gasteiger partial charge >= 0.3 is 19.5 Å². The van der Waals surface area contributed by atoms with Crippen LogP contribution in [0.15, 0.2) is 72.8 Å². The van der Waals surface area contributed by atoms with Gasteiger partial charge in [-0.1, -0.05) is 72.8 Å². The molecule has 0 saturated heterocycles. The monoisotopic (exact) mass is 358 g/mol. The number of rotatable bonds is 4. The molecule has 112 valence electrons. The SMILES string of the molecule is O=C([O-])/C=C/c1ccccc1.O=C([O-])/C=C/c1ccccc1.[Zn+2]. The topological polar surface area (TPSA) is 80.3 Å². The van der Waals surface area contributed by atoms with E-state index in [-0.39, 0.29) is 19.5 Å². The number of benzene rings is 2. The second-order valence-corrected chi connectivity index (χ2v) is 4.13. The van der Waals surface area contributed by atoms with Gasteiger partial charge in [0.15, 0.2) is 0 Å². The van der Waals surface area contributed by atoms with E-state index in [4.69, 9.17) is 0 Å². The first kappa shape index (κ1) is 20.5. The zero-order valence-corrected chi connectivity index (χ0v) is 15.4. The molecule has 0 aliphatic carbocycles. The molecule has 0 radical (unpaired) electrons. The summed E-state index contributed by atoms with van der Waals surface area (Å²) in [5, 5.41) is 19.9. The van der Waals surface area contributed by atoms with E-state index in [1.54, 1.807) is 0 Å². The zero-order chi connectivity index (χ0) is 16.2. The van der Waals surface area contributed by atoms with Crippen molar-refractivity contribution in [2.75, 3.05) is 0 Å². The van der Waals surface area contributed by atoms with Gasteiger partial charge in [-0.15, -0.1) is 0 Å². The Kier molecular flexibility index (Phi) is 10.7. The Hall–Kier alpha value is -2.52. The van der Waals surface area contributed by atoms with Crippen molar-refractivity contribution >= 4 is 24.1 Å². The van der Waals surface area contributed by atoms with Crippen molar-refractivity contribution in [2.45, 2.75) is 0 Å². The Morgan fingerprint density at radius 1 is 0.652 bits per heavy atom. The van der Waals surface area contributed by atoms with Gasteiger partial charge in [0.05, 0.1) is 11.9 Å². The Morgan fingerprint density at radius 2 is 0.957 bits per heavy atom. The quantitative estimate of drug-likeness (QED) is 0.600. The van der Waals surface area contributed by atoms with Crippen LogP contribution in [-0.2, 0) is 29.1 Å². The van der Waals surface area contributed by atoms with E-state index in [1.807, 2.05) is 60.7 Å². The Labute approximate surface area is 147 Å². The van der Waals surface area contributed by atoms with Crippen molar-refractivity contribution in [3.63, 3.8) is 0 Å². The van der Waals surface area contributed by atoms with Crippen LogP contribution < -0.4 is 10.2 Å². The first-order chi connectivity index (χ1) is 10.6. The van der Waals surface area contributed by atoms with Gasteiger partial charge in [-0.3, -0.25) is 0 Å². The molecule has 4 nitrogen and oxygen atoms in total. The third-order valence-electron chi connectivity index (χ3n) is 2.42. The average molecular weight is 360 g/mol. The molecule has 0 heterocycles. The van der Waals surface area contributed by atoms with Crippen LogP contribution in [0.4, 0.5) is 0 Å². The molecule has 0 amide bonds.